The van der Waals surface area contributed by atoms with Crippen LogP contribution in [-0.2, 0) is 16.1 Å². The van der Waals surface area contributed by atoms with Crippen LogP contribution in [0.3, 0.4) is 0 Å². The molecular formula is C21H30FN3O2. The third kappa shape index (κ3) is 5.76. The number of nitrogens with zero attached hydrogens (tertiary/aromatic N) is 1. The van der Waals surface area contributed by atoms with Crippen LogP contribution in [0, 0.1) is 18.7 Å². The van der Waals surface area contributed by atoms with Gasteiger partial charge in [0.05, 0.1) is 0 Å². The van der Waals surface area contributed by atoms with Crippen molar-refractivity contribution in [1.82, 2.24) is 15.5 Å². The van der Waals surface area contributed by atoms with Crippen LogP contribution in [0.5, 0.6) is 0 Å². The van der Waals surface area contributed by atoms with Gasteiger partial charge in [0.2, 0.25) is 11.8 Å². The van der Waals surface area contributed by atoms with Crippen molar-refractivity contribution in [2.45, 2.75) is 64.6 Å². The van der Waals surface area contributed by atoms with Crippen LogP contribution in [0.2, 0.25) is 0 Å². The van der Waals surface area contributed by atoms with Gasteiger partial charge in [-0.15, -0.1) is 0 Å². The predicted molar refractivity (Wildman–Crippen MR) is 103 cm³/mol. The van der Waals surface area contributed by atoms with Crippen LogP contribution >= 0.6 is 0 Å². The number of hydrogen-bond donors (Lipinski definition) is 2. The Morgan fingerprint density at radius 2 is 1.89 bits per heavy atom. The lowest BCUT2D eigenvalue weighted by molar-refractivity contribution is -0.122. The first-order valence-electron chi connectivity index (χ1n) is 9.94. The van der Waals surface area contributed by atoms with E-state index in [1.54, 1.807) is 19.9 Å². The van der Waals surface area contributed by atoms with Gasteiger partial charge in [0.1, 0.15) is 5.82 Å². The molecule has 0 unspecified atom stereocenters. The first-order chi connectivity index (χ1) is 12.9. The van der Waals surface area contributed by atoms with Crippen molar-refractivity contribution in [1.29, 1.82) is 0 Å². The van der Waals surface area contributed by atoms with Gasteiger partial charge in [-0.2, -0.15) is 0 Å². The number of hydrogen-bond acceptors (Lipinski definition) is 3. The average Bonchev–Trinajstić information content (AvgIpc) is 3.37. The number of amides is 2. The smallest absolute Gasteiger partial charge is 0.221 e. The molecule has 27 heavy (non-hydrogen) atoms. The summed E-state index contributed by atoms with van der Waals surface area (Å²) in [5.41, 5.74) is 1.38. The maximum atomic E-state index is 13.6. The van der Waals surface area contributed by atoms with Gasteiger partial charge < -0.3 is 10.6 Å². The van der Waals surface area contributed by atoms with E-state index in [4.69, 9.17) is 0 Å². The summed E-state index contributed by atoms with van der Waals surface area (Å²) in [5, 5.41) is 5.85. The van der Waals surface area contributed by atoms with Gasteiger partial charge in [0.15, 0.2) is 0 Å². The fraction of sp³-hybridized carbons (Fsp3) is 0.619. The summed E-state index contributed by atoms with van der Waals surface area (Å²) in [7, 11) is 0. The summed E-state index contributed by atoms with van der Waals surface area (Å²) in [6, 6.07) is 5.60. The second-order valence-corrected chi connectivity index (χ2v) is 8.03. The van der Waals surface area contributed by atoms with Gasteiger partial charge in [0.25, 0.3) is 0 Å². The molecule has 1 saturated heterocycles. The number of halogens is 1. The third-order valence-electron chi connectivity index (χ3n) is 5.67. The van der Waals surface area contributed by atoms with Gasteiger partial charge in [-0.3, -0.25) is 14.5 Å². The minimum absolute atomic E-state index is 0.00181. The summed E-state index contributed by atoms with van der Waals surface area (Å²) in [4.78, 5) is 26.1. The van der Waals surface area contributed by atoms with Crippen molar-refractivity contribution in [2.75, 3.05) is 13.1 Å². The van der Waals surface area contributed by atoms with Gasteiger partial charge in [-0.1, -0.05) is 12.1 Å². The van der Waals surface area contributed by atoms with E-state index in [-0.39, 0.29) is 23.7 Å². The predicted octanol–water partition coefficient (Wildman–Crippen LogP) is 2.52. The van der Waals surface area contributed by atoms with Crippen LogP contribution < -0.4 is 10.6 Å². The Hall–Kier alpha value is -1.95. The van der Waals surface area contributed by atoms with E-state index >= 15 is 0 Å². The summed E-state index contributed by atoms with van der Waals surface area (Å²) < 4.78 is 13.6. The highest BCUT2D eigenvalue weighted by atomic mass is 19.1. The van der Waals surface area contributed by atoms with Crippen molar-refractivity contribution in [3.8, 4) is 0 Å². The van der Waals surface area contributed by atoms with Crippen LogP contribution in [-0.4, -0.2) is 41.9 Å². The summed E-state index contributed by atoms with van der Waals surface area (Å²) >= 11 is 0. The second kappa shape index (κ2) is 8.83. The van der Waals surface area contributed by atoms with Crippen LogP contribution in [0.1, 0.15) is 50.2 Å². The number of nitrogens with one attached hydrogen (secondary N) is 2. The third-order valence-corrected chi connectivity index (χ3v) is 5.67. The lowest BCUT2D eigenvalue weighted by Crippen LogP contribution is -2.45. The molecule has 1 aromatic carbocycles. The Bertz CT molecular complexity index is 690. The molecule has 0 bridgehead atoms. The number of benzene rings is 1. The van der Waals surface area contributed by atoms with Crippen LogP contribution in [0.15, 0.2) is 18.2 Å². The van der Waals surface area contributed by atoms with E-state index in [9.17, 15) is 14.0 Å². The van der Waals surface area contributed by atoms with Crippen molar-refractivity contribution in [2.24, 2.45) is 5.92 Å². The molecule has 148 valence electrons. The number of carbonyl (C=O) groups excluding carboxylic acids is 2. The largest absolute Gasteiger partial charge is 0.355 e. The average molecular weight is 375 g/mol. The molecule has 1 saturated carbocycles. The lowest BCUT2D eigenvalue weighted by atomic mass is 10.1. The van der Waals surface area contributed by atoms with Crippen LogP contribution in [0.4, 0.5) is 4.39 Å². The molecule has 1 aliphatic carbocycles. The SMILES string of the molecule is CC(=O)NC[C@H]1CC[C@@H](CC(=O)NCc2ccc(C)c(F)c2)N1CC1CC1. The lowest BCUT2D eigenvalue weighted by Gasteiger charge is -2.30. The highest BCUT2D eigenvalue weighted by Crippen LogP contribution is 2.35. The summed E-state index contributed by atoms with van der Waals surface area (Å²) in [6.07, 6.45) is 4.97. The Balaban J connectivity index is 1.51. The van der Waals surface area contributed by atoms with Gasteiger partial charge in [0, 0.05) is 45.1 Å². The van der Waals surface area contributed by atoms with Gasteiger partial charge in [-0.25, -0.2) is 4.39 Å². The van der Waals surface area contributed by atoms with E-state index in [0.29, 0.717) is 31.1 Å². The molecule has 2 aliphatic rings. The molecule has 6 heteroatoms. The molecule has 1 heterocycles. The molecule has 5 nitrogen and oxygen atoms in total. The Labute approximate surface area is 160 Å². The minimum atomic E-state index is -0.242. The monoisotopic (exact) mass is 375 g/mol. The first kappa shape index (κ1) is 19.8. The van der Waals surface area contributed by atoms with E-state index in [1.807, 2.05) is 6.07 Å². The number of likely N-dealkylation sites (tertiary alicyclic amines) is 1. The maximum Gasteiger partial charge on any atom is 0.221 e. The first-order valence-corrected chi connectivity index (χ1v) is 9.94. The summed E-state index contributed by atoms with van der Waals surface area (Å²) in [5.74, 6) is 0.493. The molecule has 1 aliphatic heterocycles. The molecule has 2 atom stereocenters. The minimum Gasteiger partial charge on any atom is -0.355 e. The van der Waals surface area contributed by atoms with Gasteiger partial charge >= 0.3 is 0 Å². The van der Waals surface area contributed by atoms with Crippen molar-refractivity contribution >= 4 is 11.8 Å². The number of aryl methyl sites for hydroxylation is 1. The topological polar surface area (TPSA) is 61.4 Å². The molecule has 0 aromatic heterocycles. The normalized spacial score (nSPS) is 22.6. The Kier molecular flexibility index (Phi) is 6.47. The summed E-state index contributed by atoms with van der Waals surface area (Å²) in [6.45, 7) is 5.29. The van der Waals surface area contributed by atoms with E-state index in [2.05, 4.69) is 15.5 Å². The Morgan fingerprint density at radius 1 is 1.15 bits per heavy atom. The standard InChI is InChI=1S/C21H30FN3O2/c1-14-3-4-17(9-20(14)22)11-24-21(27)10-18-7-8-19(12-23-15(2)26)25(18)13-16-5-6-16/h3-4,9,16,18-19H,5-8,10-13H2,1-2H3,(H,23,26)(H,24,27)/t18-,19+/m0/s1. The van der Waals surface area contributed by atoms with Crippen molar-refractivity contribution in [3.05, 3.63) is 35.1 Å². The van der Waals surface area contributed by atoms with E-state index < -0.39 is 0 Å². The molecule has 2 N–H and O–H groups in total. The number of rotatable bonds is 8. The molecular weight excluding hydrogens is 345 g/mol. The molecule has 1 aromatic rings. The molecule has 0 radical (unpaired) electrons. The zero-order valence-corrected chi connectivity index (χ0v) is 16.3. The Morgan fingerprint density at radius 3 is 2.56 bits per heavy atom. The molecule has 2 amide bonds. The zero-order valence-electron chi connectivity index (χ0n) is 16.3. The number of carbonyl (C=O) groups is 2. The van der Waals surface area contributed by atoms with E-state index in [0.717, 1.165) is 30.9 Å². The molecule has 0 spiro atoms. The maximum absolute atomic E-state index is 13.6. The highest BCUT2D eigenvalue weighted by molar-refractivity contribution is 5.76. The molecule has 3 rings (SSSR count). The van der Waals surface area contributed by atoms with E-state index in [1.165, 1.54) is 18.9 Å². The highest BCUT2D eigenvalue weighted by Gasteiger charge is 2.37. The fourth-order valence-corrected chi connectivity index (χ4v) is 3.84. The van der Waals surface area contributed by atoms with Gasteiger partial charge in [-0.05, 0) is 55.7 Å². The fourth-order valence-electron chi connectivity index (χ4n) is 3.84. The zero-order chi connectivity index (χ0) is 19.4. The quantitative estimate of drug-likeness (QED) is 0.734. The second-order valence-electron chi connectivity index (χ2n) is 8.03. The van der Waals surface area contributed by atoms with Crippen LogP contribution in [0.25, 0.3) is 0 Å². The van der Waals surface area contributed by atoms with Crippen molar-refractivity contribution < 1.29 is 14.0 Å². The molecule has 2 fully saturated rings. The van der Waals surface area contributed by atoms with Crippen molar-refractivity contribution in [3.63, 3.8) is 0 Å².